The van der Waals surface area contributed by atoms with Crippen LogP contribution in [0.15, 0.2) is 42.5 Å². The van der Waals surface area contributed by atoms with Crippen LogP contribution < -0.4 is 16.0 Å². The second-order valence-corrected chi connectivity index (χ2v) is 14.6. The van der Waals surface area contributed by atoms with Crippen LogP contribution in [0.4, 0.5) is 8.78 Å². The number of likely N-dealkylation sites (tertiary alicyclic amines) is 2. The summed E-state index contributed by atoms with van der Waals surface area (Å²) in [4.78, 5) is 44.7. The molecule has 4 aliphatic rings. The van der Waals surface area contributed by atoms with Crippen LogP contribution in [0, 0.1) is 17.6 Å². The van der Waals surface area contributed by atoms with Crippen LogP contribution in [-0.2, 0) is 20.9 Å². The number of piperidine rings is 3. The highest BCUT2D eigenvalue weighted by molar-refractivity contribution is 5.97. The van der Waals surface area contributed by atoms with Gasteiger partial charge >= 0.3 is 0 Å². The summed E-state index contributed by atoms with van der Waals surface area (Å²) in [6.07, 6.45) is 11.1. The average Bonchev–Trinajstić information content (AvgIpc) is 3.15. The zero-order valence-corrected chi connectivity index (χ0v) is 29.1. The van der Waals surface area contributed by atoms with Gasteiger partial charge in [-0.25, -0.2) is 8.78 Å². The normalized spacial score (nSPS) is 21.9. The molecule has 1 saturated carbocycles. The standard InChI is InChI=1S/C39H53F2N5O4/c40-32-12-11-30(35(41)23-32)24-43-25-36(47)46-19-5-10-31(26-46)28-8-4-9-29(22-28)38(48)44-37(27-6-2-1-3-7-27)39(49)45-20-15-34(16-21-45)50-33-13-17-42-18-14-33/h4,8-9,11-12,22-23,27,31,33-34,37,42-43H,1-3,5-7,10,13-21,24-26H2,(H,44,48)/t31-,37-/m1/s1. The van der Waals surface area contributed by atoms with E-state index in [0.717, 1.165) is 95.3 Å². The number of carbonyl (C=O) groups excluding carboxylic acids is 3. The molecule has 3 amide bonds. The van der Waals surface area contributed by atoms with Crippen LogP contribution in [0.5, 0.6) is 0 Å². The van der Waals surface area contributed by atoms with Crippen LogP contribution >= 0.6 is 0 Å². The largest absolute Gasteiger partial charge is 0.375 e. The zero-order valence-electron chi connectivity index (χ0n) is 29.1. The van der Waals surface area contributed by atoms with E-state index >= 15 is 0 Å². The molecule has 3 saturated heterocycles. The van der Waals surface area contributed by atoms with E-state index in [1.807, 2.05) is 28.0 Å². The lowest BCUT2D eigenvalue weighted by molar-refractivity contribution is -0.138. The van der Waals surface area contributed by atoms with Crippen molar-refractivity contribution in [3.05, 3.63) is 70.8 Å². The van der Waals surface area contributed by atoms with E-state index in [0.29, 0.717) is 43.4 Å². The molecule has 4 fully saturated rings. The number of amides is 3. The molecule has 0 radical (unpaired) electrons. The first-order valence-corrected chi connectivity index (χ1v) is 18.8. The van der Waals surface area contributed by atoms with Gasteiger partial charge in [0.1, 0.15) is 17.7 Å². The van der Waals surface area contributed by atoms with Gasteiger partial charge in [-0.05, 0) is 94.1 Å². The predicted molar refractivity (Wildman–Crippen MR) is 187 cm³/mol. The third kappa shape index (κ3) is 9.67. The summed E-state index contributed by atoms with van der Waals surface area (Å²) in [5, 5.41) is 9.56. The Bertz CT molecular complexity index is 1460. The molecular formula is C39H53F2N5O4. The van der Waals surface area contributed by atoms with Crippen molar-refractivity contribution in [2.24, 2.45) is 5.92 Å². The van der Waals surface area contributed by atoms with Crippen LogP contribution in [0.2, 0.25) is 0 Å². The second kappa shape index (κ2) is 17.7. The molecule has 272 valence electrons. The number of hydrogen-bond acceptors (Lipinski definition) is 6. The van der Waals surface area contributed by atoms with Gasteiger partial charge in [0.25, 0.3) is 5.91 Å². The maximum absolute atomic E-state index is 14.0. The summed E-state index contributed by atoms with van der Waals surface area (Å²) in [6.45, 7) is 4.63. The van der Waals surface area contributed by atoms with Crippen molar-refractivity contribution in [3.63, 3.8) is 0 Å². The Morgan fingerprint density at radius 3 is 2.36 bits per heavy atom. The third-order valence-corrected chi connectivity index (χ3v) is 11.1. The monoisotopic (exact) mass is 693 g/mol. The van der Waals surface area contributed by atoms with Crippen molar-refractivity contribution in [2.45, 2.75) is 101 Å². The number of rotatable bonds is 11. The van der Waals surface area contributed by atoms with Crippen molar-refractivity contribution in [1.82, 2.24) is 25.8 Å². The van der Waals surface area contributed by atoms with E-state index < -0.39 is 17.7 Å². The van der Waals surface area contributed by atoms with E-state index in [9.17, 15) is 23.2 Å². The molecule has 50 heavy (non-hydrogen) atoms. The van der Waals surface area contributed by atoms with Crippen LogP contribution in [0.25, 0.3) is 0 Å². The third-order valence-electron chi connectivity index (χ3n) is 11.1. The molecule has 11 heteroatoms. The first-order valence-electron chi connectivity index (χ1n) is 18.8. The minimum absolute atomic E-state index is 0.0268. The topological polar surface area (TPSA) is 103 Å². The van der Waals surface area contributed by atoms with Crippen molar-refractivity contribution in [2.75, 3.05) is 45.8 Å². The molecule has 3 heterocycles. The SMILES string of the molecule is O=C(N[C@@H](C(=O)N1CCC(OC2CCNCC2)CC1)C1CCCCC1)c1cccc([C@@H]2CCCN(C(=O)CNCc3ccc(F)cc3F)C2)c1. The average molecular weight is 694 g/mol. The first-order chi connectivity index (χ1) is 24.3. The summed E-state index contributed by atoms with van der Waals surface area (Å²) < 4.78 is 33.6. The lowest BCUT2D eigenvalue weighted by atomic mass is 9.83. The van der Waals surface area contributed by atoms with Crippen LogP contribution in [-0.4, -0.2) is 91.6 Å². The van der Waals surface area contributed by atoms with Crippen molar-refractivity contribution in [1.29, 1.82) is 0 Å². The van der Waals surface area contributed by atoms with Gasteiger partial charge in [0.15, 0.2) is 0 Å². The number of carbonyl (C=O) groups is 3. The lowest BCUT2D eigenvalue weighted by Gasteiger charge is -2.38. The molecule has 0 spiro atoms. The summed E-state index contributed by atoms with van der Waals surface area (Å²) in [6, 6.07) is 10.5. The Labute approximate surface area is 294 Å². The van der Waals surface area contributed by atoms with Gasteiger partial charge in [0.2, 0.25) is 11.8 Å². The Morgan fingerprint density at radius 2 is 1.60 bits per heavy atom. The maximum Gasteiger partial charge on any atom is 0.251 e. The molecule has 9 nitrogen and oxygen atoms in total. The molecule has 2 aromatic rings. The van der Waals surface area contributed by atoms with E-state index in [1.165, 1.54) is 12.1 Å². The Balaban J connectivity index is 1.04. The first kappa shape index (κ1) is 36.4. The zero-order chi connectivity index (χ0) is 34.9. The highest BCUT2D eigenvalue weighted by Gasteiger charge is 2.36. The molecule has 3 aliphatic heterocycles. The van der Waals surface area contributed by atoms with E-state index in [2.05, 4.69) is 16.0 Å². The quantitative estimate of drug-likeness (QED) is 0.310. The van der Waals surface area contributed by atoms with Gasteiger partial charge in [-0.3, -0.25) is 14.4 Å². The molecule has 1 aliphatic carbocycles. The predicted octanol–water partition coefficient (Wildman–Crippen LogP) is 4.90. The Hall–Kier alpha value is -3.41. The van der Waals surface area contributed by atoms with Gasteiger partial charge in [-0.2, -0.15) is 0 Å². The molecule has 2 atom stereocenters. The van der Waals surface area contributed by atoms with Gasteiger partial charge in [0.05, 0.1) is 18.8 Å². The molecule has 6 rings (SSSR count). The number of halogens is 2. The number of benzene rings is 2. The molecule has 0 aromatic heterocycles. The summed E-state index contributed by atoms with van der Waals surface area (Å²) in [5.41, 5.74) is 1.82. The molecule has 0 bridgehead atoms. The van der Waals surface area contributed by atoms with Gasteiger partial charge < -0.3 is 30.5 Å². The minimum Gasteiger partial charge on any atom is -0.375 e. The minimum atomic E-state index is -0.639. The van der Waals surface area contributed by atoms with Gasteiger partial charge in [0, 0.05) is 55.8 Å². The van der Waals surface area contributed by atoms with Crippen LogP contribution in [0.3, 0.4) is 0 Å². The Kier molecular flexibility index (Phi) is 12.9. The summed E-state index contributed by atoms with van der Waals surface area (Å²) in [5.74, 6) is -1.37. The van der Waals surface area contributed by atoms with E-state index in [1.54, 1.807) is 6.07 Å². The molecule has 3 N–H and O–H groups in total. The van der Waals surface area contributed by atoms with Crippen LogP contribution in [0.1, 0.15) is 98.0 Å². The molecular weight excluding hydrogens is 640 g/mol. The number of nitrogens with zero attached hydrogens (tertiary/aromatic N) is 2. The second-order valence-electron chi connectivity index (χ2n) is 14.6. The highest BCUT2D eigenvalue weighted by Crippen LogP contribution is 2.30. The highest BCUT2D eigenvalue weighted by atomic mass is 19.1. The molecule has 0 unspecified atom stereocenters. The fourth-order valence-corrected chi connectivity index (χ4v) is 8.18. The van der Waals surface area contributed by atoms with Gasteiger partial charge in [-0.1, -0.05) is 37.5 Å². The van der Waals surface area contributed by atoms with Gasteiger partial charge in [-0.15, -0.1) is 0 Å². The van der Waals surface area contributed by atoms with Crippen molar-refractivity contribution >= 4 is 17.7 Å². The number of ether oxygens (including phenoxy) is 1. The van der Waals surface area contributed by atoms with Crippen molar-refractivity contribution in [3.8, 4) is 0 Å². The fourth-order valence-electron chi connectivity index (χ4n) is 8.18. The van der Waals surface area contributed by atoms with E-state index in [-0.39, 0.29) is 48.8 Å². The Morgan fingerprint density at radius 1 is 0.840 bits per heavy atom. The number of hydrogen-bond donors (Lipinski definition) is 3. The number of nitrogens with one attached hydrogen (secondary N) is 3. The molecule has 2 aromatic carbocycles. The maximum atomic E-state index is 14.0. The van der Waals surface area contributed by atoms with E-state index in [4.69, 9.17) is 4.74 Å². The lowest BCUT2D eigenvalue weighted by Crippen LogP contribution is -2.55. The smallest absolute Gasteiger partial charge is 0.251 e. The summed E-state index contributed by atoms with van der Waals surface area (Å²) >= 11 is 0. The van der Waals surface area contributed by atoms with Crippen molar-refractivity contribution < 1.29 is 27.9 Å². The summed E-state index contributed by atoms with van der Waals surface area (Å²) in [7, 11) is 0. The fraction of sp³-hybridized carbons (Fsp3) is 0.615.